The average molecular weight is 247 g/mol. The Morgan fingerprint density at radius 2 is 1.94 bits per heavy atom. The number of anilines is 1. The van der Waals surface area contributed by atoms with E-state index in [1.807, 2.05) is 25.2 Å². The highest BCUT2D eigenvalue weighted by Gasteiger charge is 2.08. The number of aromatic nitrogens is 2. The molecule has 0 amide bonds. The van der Waals surface area contributed by atoms with Gasteiger partial charge >= 0.3 is 0 Å². The molecule has 17 heavy (non-hydrogen) atoms. The molecule has 2 heterocycles. The van der Waals surface area contributed by atoms with Gasteiger partial charge < -0.3 is 5.32 Å². The molecule has 0 saturated heterocycles. The number of nitrogens with zero attached hydrogens (tertiary/aromatic N) is 2. The Morgan fingerprint density at radius 1 is 1.18 bits per heavy atom. The summed E-state index contributed by atoms with van der Waals surface area (Å²) in [5, 5.41) is 3.38. The minimum Gasteiger partial charge on any atom is -0.361 e. The van der Waals surface area contributed by atoms with E-state index in [0.717, 1.165) is 17.2 Å². The second-order valence-corrected chi connectivity index (χ2v) is 5.56. The van der Waals surface area contributed by atoms with Crippen LogP contribution in [0.25, 0.3) is 0 Å². The molecule has 4 heteroatoms. The van der Waals surface area contributed by atoms with Crippen molar-refractivity contribution in [1.29, 1.82) is 0 Å². The summed E-state index contributed by atoms with van der Waals surface area (Å²) in [5.74, 6) is 0.839. The zero-order chi connectivity index (χ0) is 12.4. The molecule has 0 bridgehead atoms. The molecular formula is C13H17N3S. The number of aryl methyl sites for hydroxylation is 3. The van der Waals surface area contributed by atoms with Gasteiger partial charge in [0.15, 0.2) is 0 Å². The number of thiophene rings is 1. The van der Waals surface area contributed by atoms with E-state index in [2.05, 4.69) is 41.3 Å². The molecule has 0 aliphatic rings. The fraction of sp³-hybridized carbons (Fsp3) is 0.385. The van der Waals surface area contributed by atoms with Crippen LogP contribution in [-0.4, -0.2) is 9.97 Å². The van der Waals surface area contributed by atoms with Gasteiger partial charge in [-0.1, -0.05) is 0 Å². The normalized spacial score (nSPS) is 12.5. The van der Waals surface area contributed by atoms with E-state index >= 15 is 0 Å². The first kappa shape index (κ1) is 12.0. The predicted molar refractivity (Wildman–Crippen MR) is 72.6 cm³/mol. The van der Waals surface area contributed by atoms with E-state index in [-0.39, 0.29) is 6.04 Å². The first-order chi connectivity index (χ1) is 8.06. The highest BCUT2D eigenvalue weighted by Crippen LogP contribution is 2.25. The Balaban J connectivity index is 2.12. The van der Waals surface area contributed by atoms with Crippen LogP contribution in [0.15, 0.2) is 18.3 Å². The smallest absolute Gasteiger partial charge is 0.145 e. The number of rotatable bonds is 3. The molecule has 0 aromatic carbocycles. The minimum absolute atomic E-state index is 0.269. The van der Waals surface area contributed by atoms with E-state index in [4.69, 9.17) is 0 Å². The quantitative estimate of drug-likeness (QED) is 0.900. The van der Waals surface area contributed by atoms with Crippen molar-refractivity contribution in [2.24, 2.45) is 0 Å². The van der Waals surface area contributed by atoms with Crippen molar-refractivity contribution in [2.75, 3.05) is 5.32 Å². The lowest BCUT2D eigenvalue weighted by Crippen LogP contribution is -2.07. The molecule has 1 N–H and O–H groups in total. The van der Waals surface area contributed by atoms with Gasteiger partial charge in [-0.2, -0.15) is 0 Å². The zero-order valence-corrected chi connectivity index (χ0v) is 11.4. The Hall–Kier alpha value is -1.42. The summed E-state index contributed by atoms with van der Waals surface area (Å²) in [6.45, 7) is 8.21. The summed E-state index contributed by atoms with van der Waals surface area (Å²) in [7, 11) is 0. The van der Waals surface area contributed by atoms with Gasteiger partial charge in [0.2, 0.25) is 0 Å². The first-order valence-electron chi connectivity index (χ1n) is 5.69. The molecule has 2 aromatic rings. The Bertz CT molecular complexity index is 519. The molecule has 2 rings (SSSR count). The highest BCUT2D eigenvalue weighted by atomic mass is 32.1. The van der Waals surface area contributed by atoms with Crippen LogP contribution in [0.5, 0.6) is 0 Å². The molecule has 90 valence electrons. The van der Waals surface area contributed by atoms with Crippen LogP contribution in [0, 0.1) is 20.8 Å². The van der Waals surface area contributed by atoms with E-state index in [0.29, 0.717) is 0 Å². The van der Waals surface area contributed by atoms with E-state index < -0.39 is 0 Å². The van der Waals surface area contributed by atoms with E-state index in [9.17, 15) is 0 Å². The topological polar surface area (TPSA) is 37.8 Å². The molecular weight excluding hydrogens is 230 g/mol. The summed E-state index contributed by atoms with van der Waals surface area (Å²) in [6, 6.07) is 4.57. The largest absolute Gasteiger partial charge is 0.361 e. The first-order valence-corrected chi connectivity index (χ1v) is 6.51. The molecule has 0 saturated carbocycles. The van der Waals surface area contributed by atoms with E-state index in [1.54, 1.807) is 6.20 Å². The average Bonchev–Trinajstić information content (AvgIpc) is 2.70. The standard InChI is InChI=1S/C13H17N3S/c1-8-5-6-12(17-8)11(4)16-13-7-14-9(2)10(3)15-13/h5-7,11H,1-4H3,(H,15,16). The lowest BCUT2D eigenvalue weighted by atomic mass is 10.2. The third-order valence-corrected chi connectivity index (χ3v) is 3.93. The number of hydrogen-bond donors (Lipinski definition) is 1. The van der Waals surface area contributed by atoms with Crippen LogP contribution in [-0.2, 0) is 0 Å². The molecule has 0 aliphatic heterocycles. The maximum atomic E-state index is 4.48. The molecule has 1 unspecified atom stereocenters. The second-order valence-electron chi connectivity index (χ2n) is 4.24. The van der Waals surface area contributed by atoms with Crippen LogP contribution in [0.4, 0.5) is 5.82 Å². The molecule has 1 atom stereocenters. The van der Waals surface area contributed by atoms with Crippen molar-refractivity contribution in [3.8, 4) is 0 Å². The van der Waals surface area contributed by atoms with Gasteiger partial charge in [0.05, 0.1) is 23.6 Å². The summed E-state index contributed by atoms with van der Waals surface area (Å²) in [6.07, 6.45) is 1.79. The molecule has 3 nitrogen and oxygen atoms in total. The fourth-order valence-corrected chi connectivity index (χ4v) is 2.47. The second kappa shape index (κ2) is 4.84. The highest BCUT2D eigenvalue weighted by molar-refractivity contribution is 7.12. The third kappa shape index (κ3) is 2.82. The van der Waals surface area contributed by atoms with Crippen LogP contribution >= 0.6 is 11.3 Å². The lowest BCUT2D eigenvalue weighted by Gasteiger charge is -2.13. The van der Waals surface area contributed by atoms with Gasteiger partial charge in [-0.3, -0.25) is 4.98 Å². The maximum absolute atomic E-state index is 4.48. The Kier molecular flexibility index (Phi) is 3.43. The van der Waals surface area contributed by atoms with Crippen LogP contribution < -0.4 is 5.32 Å². The van der Waals surface area contributed by atoms with Crippen molar-refractivity contribution in [3.05, 3.63) is 39.5 Å². The summed E-state index contributed by atoms with van der Waals surface area (Å²) in [4.78, 5) is 11.4. The Labute approximate surface area is 106 Å². The van der Waals surface area contributed by atoms with Gasteiger partial charge in [0.25, 0.3) is 0 Å². The number of nitrogens with one attached hydrogen (secondary N) is 1. The van der Waals surface area contributed by atoms with Crippen LogP contribution in [0.2, 0.25) is 0 Å². The van der Waals surface area contributed by atoms with Crippen molar-refractivity contribution < 1.29 is 0 Å². The SMILES string of the molecule is Cc1ccc(C(C)Nc2cnc(C)c(C)n2)s1. The third-order valence-electron chi connectivity index (χ3n) is 2.74. The van der Waals surface area contributed by atoms with Crippen LogP contribution in [0.3, 0.4) is 0 Å². The van der Waals surface area contributed by atoms with Crippen molar-refractivity contribution in [2.45, 2.75) is 33.7 Å². The van der Waals surface area contributed by atoms with Gasteiger partial charge in [-0.15, -0.1) is 11.3 Å². The van der Waals surface area contributed by atoms with Gasteiger partial charge in [0.1, 0.15) is 5.82 Å². The monoisotopic (exact) mass is 247 g/mol. The lowest BCUT2D eigenvalue weighted by molar-refractivity contribution is 0.884. The van der Waals surface area contributed by atoms with Crippen LogP contribution in [0.1, 0.15) is 34.1 Å². The number of hydrogen-bond acceptors (Lipinski definition) is 4. The molecule has 0 spiro atoms. The van der Waals surface area contributed by atoms with Gasteiger partial charge in [-0.05, 0) is 39.8 Å². The minimum atomic E-state index is 0.269. The van der Waals surface area contributed by atoms with Crippen molar-refractivity contribution >= 4 is 17.2 Å². The molecule has 0 fully saturated rings. The van der Waals surface area contributed by atoms with Gasteiger partial charge in [-0.25, -0.2) is 4.98 Å². The maximum Gasteiger partial charge on any atom is 0.145 e. The van der Waals surface area contributed by atoms with Crippen molar-refractivity contribution in [1.82, 2.24) is 9.97 Å². The Morgan fingerprint density at radius 3 is 2.53 bits per heavy atom. The van der Waals surface area contributed by atoms with Crippen molar-refractivity contribution in [3.63, 3.8) is 0 Å². The molecule has 0 radical (unpaired) electrons. The zero-order valence-electron chi connectivity index (χ0n) is 10.6. The van der Waals surface area contributed by atoms with E-state index in [1.165, 1.54) is 9.75 Å². The predicted octanol–water partition coefficient (Wildman–Crippen LogP) is 3.64. The summed E-state index contributed by atoms with van der Waals surface area (Å²) in [5.41, 5.74) is 1.96. The summed E-state index contributed by atoms with van der Waals surface area (Å²) >= 11 is 1.81. The fourth-order valence-electron chi connectivity index (χ4n) is 1.59. The summed E-state index contributed by atoms with van der Waals surface area (Å²) < 4.78 is 0. The van der Waals surface area contributed by atoms with Gasteiger partial charge in [0, 0.05) is 9.75 Å². The molecule has 2 aromatic heterocycles. The molecule has 0 aliphatic carbocycles.